The number of nitrogens with one attached hydrogen (secondary N) is 2. The number of hydrogen-bond acceptors (Lipinski definition) is 4. The fourth-order valence-electron chi connectivity index (χ4n) is 2.66. The smallest absolute Gasteiger partial charge is 0.319 e. The lowest BCUT2D eigenvalue weighted by Crippen LogP contribution is -2.42. The maximum absolute atomic E-state index is 12.0. The monoisotopic (exact) mass is 329 g/mol. The van der Waals surface area contributed by atoms with Crippen molar-refractivity contribution in [2.75, 3.05) is 44.7 Å². The maximum atomic E-state index is 12.0. The molecule has 2 heterocycles. The number of morpholine rings is 1. The van der Waals surface area contributed by atoms with Gasteiger partial charge < -0.3 is 15.4 Å². The first-order valence-corrected chi connectivity index (χ1v) is 8.21. The number of amides is 2. The van der Waals surface area contributed by atoms with Gasteiger partial charge in [0.2, 0.25) is 0 Å². The van der Waals surface area contributed by atoms with E-state index < -0.39 is 0 Å². The van der Waals surface area contributed by atoms with Gasteiger partial charge in [0.15, 0.2) is 0 Å². The van der Waals surface area contributed by atoms with Crippen LogP contribution in [0.1, 0.15) is 5.56 Å². The van der Waals surface area contributed by atoms with E-state index in [1.807, 2.05) is 41.2 Å². The Bertz CT molecular complexity index is 638. The molecule has 2 N–H and O–H groups in total. The van der Waals surface area contributed by atoms with Gasteiger partial charge in [-0.2, -0.15) is 5.10 Å². The van der Waals surface area contributed by atoms with Crippen LogP contribution in [0, 0.1) is 0 Å². The highest BCUT2D eigenvalue weighted by Crippen LogP contribution is 2.11. The van der Waals surface area contributed by atoms with Gasteiger partial charge in [-0.3, -0.25) is 9.58 Å². The number of benzene rings is 1. The lowest BCUT2D eigenvalue weighted by molar-refractivity contribution is 0.0388. The molecule has 0 unspecified atom stereocenters. The normalized spacial score (nSPS) is 15.2. The van der Waals surface area contributed by atoms with Crippen LogP contribution in [-0.4, -0.2) is 60.1 Å². The Morgan fingerprint density at radius 2 is 2.12 bits per heavy atom. The molecule has 0 atom stereocenters. The third-order valence-corrected chi connectivity index (χ3v) is 3.91. The summed E-state index contributed by atoms with van der Waals surface area (Å²) in [6.07, 6.45) is 3.67. The van der Waals surface area contributed by atoms with Crippen LogP contribution < -0.4 is 10.6 Å². The summed E-state index contributed by atoms with van der Waals surface area (Å²) < 4.78 is 7.16. The fourth-order valence-corrected chi connectivity index (χ4v) is 2.66. The highest BCUT2D eigenvalue weighted by atomic mass is 16.5. The average Bonchev–Trinajstić information content (AvgIpc) is 3.09. The third-order valence-electron chi connectivity index (χ3n) is 3.91. The number of rotatable bonds is 6. The van der Waals surface area contributed by atoms with Gasteiger partial charge in [0.1, 0.15) is 0 Å². The molecule has 0 bridgehead atoms. The van der Waals surface area contributed by atoms with Crippen LogP contribution in [0.2, 0.25) is 0 Å². The minimum atomic E-state index is -0.181. The van der Waals surface area contributed by atoms with Gasteiger partial charge in [-0.25, -0.2) is 4.79 Å². The summed E-state index contributed by atoms with van der Waals surface area (Å²) in [6, 6.07) is 9.51. The van der Waals surface area contributed by atoms with Crippen molar-refractivity contribution in [3.63, 3.8) is 0 Å². The summed E-state index contributed by atoms with van der Waals surface area (Å²) in [6.45, 7) is 5.55. The zero-order valence-electron chi connectivity index (χ0n) is 13.6. The van der Waals surface area contributed by atoms with Crippen LogP contribution in [0.4, 0.5) is 10.5 Å². The second-order valence-electron chi connectivity index (χ2n) is 5.74. The van der Waals surface area contributed by atoms with Crippen molar-refractivity contribution in [3.05, 3.63) is 48.3 Å². The molecule has 128 valence electrons. The molecule has 2 amide bonds. The van der Waals surface area contributed by atoms with E-state index in [4.69, 9.17) is 4.74 Å². The molecular formula is C17H23N5O2. The Hall–Kier alpha value is -2.38. The zero-order valence-corrected chi connectivity index (χ0v) is 13.6. The van der Waals surface area contributed by atoms with Crippen molar-refractivity contribution in [1.82, 2.24) is 20.0 Å². The summed E-state index contributed by atoms with van der Waals surface area (Å²) in [4.78, 5) is 14.3. The molecule has 1 aromatic carbocycles. The van der Waals surface area contributed by atoms with Gasteiger partial charge in [-0.15, -0.1) is 0 Å². The van der Waals surface area contributed by atoms with Crippen molar-refractivity contribution in [3.8, 4) is 0 Å². The summed E-state index contributed by atoms with van der Waals surface area (Å²) in [7, 11) is 0. The van der Waals surface area contributed by atoms with Gasteiger partial charge in [0.25, 0.3) is 0 Å². The Labute approximate surface area is 141 Å². The van der Waals surface area contributed by atoms with Crippen molar-refractivity contribution in [2.45, 2.75) is 6.54 Å². The summed E-state index contributed by atoms with van der Waals surface area (Å²) in [5.74, 6) is 0. The van der Waals surface area contributed by atoms with Gasteiger partial charge in [-0.1, -0.05) is 12.1 Å². The van der Waals surface area contributed by atoms with E-state index in [9.17, 15) is 4.79 Å². The highest BCUT2D eigenvalue weighted by Gasteiger charge is 2.10. The lowest BCUT2D eigenvalue weighted by Gasteiger charge is -2.26. The average molecular weight is 329 g/mol. The second kappa shape index (κ2) is 8.47. The van der Waals surface area contributed by atoms with Crippen molar-refractivity contribution in [1.29, 1.82) is 0 Å². The number of carbonyl (C=O) groups is 1. The van der Waals surface area contributed by atoms with Gasteiger partial charge in [-0.05, 0) is 23.8 Å². The summed E-state index contributed by atoms with van der Waals surface area (Å²) >= 11 is 0. The fraction of sp³-hybridized carbons (Fsp3) is 0.412. The topological polar surface area (TPSA) is 71.4 Å². The third kappa shape index (κ3) is 5.07. The molecule has 0 aliphatic carbocycles. The van der Waals surface area contributed by atoms with Crippen molar-refractivity contribution < 1.29 is 9.53 Å². The minimum absolute atomic E-state index is 0.181. The molecule has 3 rings (SSSR count). The molecule has 1 aromatic heterocycles. The number of aromatic nitrogens is 2. The Morgan fingerprint density at radius 1 is 1.25 bits per heavy atom. The van der Waals surface area contributed by atoms with E-state index in [-0.39, 0.29) is 6.03 Å². The molecule has 0 spiro atoms. The zero-order chi connectivity index (χ0) is 16.6. The Kier molecular flexibility index (Phi) is 5.81. The molecule has 0 saturated carbocycles. The quantitative estimate of drug-likeness (QED) is 0.840. The summed E-state index contributed by atoms with van der Waals surface area (Å²) in [5.41, 5.74) is 1.87. The molecule has 24 heavy (non-hydrogen) atoms. The van der Waals surface area contributed by atoms with E-state index in [2.05, 4.69) is 20.6 Å². The predicted molar refractivity (Wildman–Crippen MR) is 92.1 cm³/mol. The van der Waals surface area contributed by atoms with Crippen LogP contribution >= 0.6 is 0 Å². The second-order valence-corrected chi connectivity index (χ2v) is 5.74. The Morgan fingerprint density at radius 3 is 2.92 bits per heavy atom. The largest absolute Gasteiger partial charge is 0.379 e. The number of hydrogen-bond donors (Lipinski definition) is 2. The molecule has 1 fully saturated rings. The minimum Gasteiger partial charge on any atom is -0.379 e. The molecular weight excluding hydrogens is 306 g/mol. The van der Waals surface area contributed by atoms with Crippen LogP contribution in [0.25, 0.3) is 0 Å². The van der Waals surface area contributed by atoms with Crippen LogP contribution in [0.3, 0.4) is 0 Å². The molecule has 2 aromatic rings. The number of ether oxygens (including phenoxy) is 1. The standard InChI is InChI=1S/C17H23N5O2/c23-17(18-6-8-21-9-11-24-12-10-21)20-16-4-1-3-15(13-16)14-22-7-2-5-19-22/h1-5,7,13H,6,8-12,14H2,(H2,18,20,23). The first-order valence-electron chi connectivity index (χ1n) is 8.21. The molecule has 1 aliphatic heterocycles. The van der Waals surface area contributed by atoms with Crippen molar-refractivity contribution in [2.24, 2.45) is 0 Å². The maximum Gasteiger partial charge on any atom is 0.319 e. The van der Waals surface area contributed by atoms with Crippen molar-refractivity contribution >= 4 is 11.7 Å². The molecule has 1 saturated heterocycles. The highest BCUT2D eigenvalue weighted by molar-refractivity contribution is 5.89. The lowest BCUT2D eigenvalue weighted by atomic mass is 10.2. The number of urea groups is 1. The molecule has 0 radical (unpaired) electrons. The van der Waals surface area contributed by atoms with Crippen LogP contribution in [0.5, 0.6) is 0 Å². The number of nitrogens with zero attached hydrogens (tertiary/aromatic N) is 3. The van der Waals surface area contributed by atoms with E-state index in [0.717, 1.165) is 44.1 Å². The van der Waals surface area contributed by atoms with Gasteiger partial charge in [0.05, 0.1) is 19.8 Å². The van der Waals surface area contributed by atoms with Gasteiger partial charge in [0, 0.05) is 44.3 Å². The first-order chi connectivity index (χ1) is 11.8. The van der Waals surface area contributed by atoms with Crippen LogP contribution in [0.15, 0.2) is 42.7 Å². The van der Waals surface area contributed by atoms with Crippen LogP contribution in [-0.2, 0) is 11.3 Å². The van der Waals surface area contributed by atoms with Gasteiger partial charge >= 0.3 is 6.03 Å². The molecule has 1 aliphatic rings. The Balaban J connectivity index is 1.43. The van der Waals surface area contributed by atoms with E-state index in [1.54, 1.807) is 6.20 Å². The predicted octanol–water partition coefficient (Wildman–Crippen LogP) is 1.39. The SMILES string of the molecule is O=C(NCCN1CCOCC1)Nc1cccc(Cn2cccn2)c1. The first kappa shape index (κ1) is 16.5. The molecule has 7 nitrogen and oxygen atoms in total. The number of anilines is 1. The van der Waals surface area contributed by atoms with E-state index >= 15 is 0 Å². The molecule has 7 heteroatoms. The van der Waals surface area contributed by atoms with E-state index in [1.165, 1.54) is 0 Å². The number of carbonyl (C=O) groups excluding carboxylic acids is 1. The summed E-state index contributed by atoms with van der Waals surface area (Å²) in [5, 5.41) is 9.96. The van der Waals surface area contributed by atoms with E-state index in [0.29, 0.717) is 13.1 Å².